The van der Waals surface area contributed by atoms with Gasteiger partial charge in [0.25, 0.3) is 5.56 Å². The summed E-state index contributed by atoms with van der Waals surface area (Å²) in [6.07, 6.45) is 0. The highest BCUT2D eigenvalue weighted by Crippen LogP contribution is 2.42. The number of aromatic carboxylic acids is 1. The van der Waals surface area contributed by atoms with E-state index in [0.717, 1.165) is 22.4 Å². The van der Waals surface area contributed by atoms with Crippen molar-refractivity contribution in [3.8, 4) is 22.6 Å². The van der Waals surface area contributed by atoms with Crippen LogP contribution in [0, 0.1) is 13.8 Å². The van der Waals surface area contributed by atoms with Crippen molar-refractivity contribution in [3.63, 3.8) is 0 Å². The average Bonchev–Trinajstić information content (AvgIpc) is 3.28. The van der Waals surface area contributed by atoms with Gasteiger partial charge in [-0.1, -0.05) is 65.8 Å². The van der Waals surface area contributed by atoms with Crippen molar-refractivity contribution in [1.82, 2.24) is 9.78 Å². The second-order valence-corrected chi connectivity index (χ2v) is 11.6. The van der Waals surface area contributed by atoms with E-state index in [-0.39, 0.29) is 22.7 Å². The van der Waals surface area contributed by atoms with Crippen LogP contribution in [0.5, 0.6) is 5.75 Å². The van der Waals surface area contributed by atoms with Gasteiger partial charge in [-0.05, 0) is 83.7 Å². The number of hydrogen-bond donors (Lipinski definition) is 2. The molecule has 4 aromatic rings. The summed E-state index contributed by atoms with van der Waals surface area (Å²) < 4.78 is 7.35. The number of azo groups is 1. The molecule has 0 saturated carbocycles. The molecule has 0 aliphatic heterocycles. The van der Waals surface area contributed by atoms with Crippen molar-refractivity contribution < 1.29 is 14.6 Å². The third-order valence-electron chi connectivity index (χ3n) is 7.61. The SMILES string of the molecule is COc1c(-c2cc(C(=O)O)ccc2C)ccc(C)c1N=Nc1c(C(C)C)[nH]n(-c2ccc(C(C)C)c(C(C)C)c2)c1=O. The Morgan fingerprint density at radius 1 is 0.810 bits per heavy atom. The smallest absolute Gasteiger partial charge is 0.335 e. The van der Waals surface area contributed by atoms with Crippen LogP contribution in [0.3, 0.4) is 0 Å². The minimum atomic E-state index is -1.01. The number of hydrogen-bond acceptors (Lipinski definition) is 5. The predicted octanol–water partition coefficient (Wildman–Crippen LogP) is 8.94. The number of benzene rings is 3. The Labute approximate surface area is 247 Å². The van der Waals surface area contributed by atoms with Gasteiger partial charge in [0.05, 0.1) is 24.1 Å². The molecule has 0 bridgehead atoms. The van der Waals surface area contributed by atoms with E-state index in [4.69, 9.17) is 4.74 Å². The maximum atomic E-state index is 13.8. The van der Waals surface area contributed by atoms with Gasteiger partial charge in [-0.3, -0.25) is 9.89 Å². The number of carboxylic acid groups (broad SMARTS) is 1. The molecule has 0 aliphatic carbocycles. The summed E-state index contributed by atoms with van der Waals surface area (Å²) in [4.78, 5) is 25.4. The maximum Gasteiger partial charge on any atom is 0.335 e. The number of nitrogens with zero attached hydrogens (tertiary/aromatic N) is 3. The standard InChI is InChI=1S/C34H40N4O4/c1-18(2)25-15-13-24(17-27(25)19(3)4)38-33(39)31(29(37-38)20(5)6)36-35-30-22(8)11-14-26(32(30)42-9)28-16-23(34(40)41)12-10-21(28)7/h10-20,37H,1-9H3,(H,40,41). The first-order valence-electron chi connectivity index (χ1n) is 14.3. The number of carboxylic acids is 1. The van der Waals surface area contributed by atoms with Crippen LogP contribution in [-0.4, -0.2) is 28.0 Å². The summed E-state index contributed by atoms with van der Waals surface area (Å²) in [5.74, 6) is 0.114. The molecule has 220 valence electrons. The summed E-state index contributed by atoms with van der Waals surface area (Å²) >= 11 is 0. The van der Waals surface area contributed by atoms with E-state index in [1.807, 2.05) is 45.9 Å². The highest BCUT2D eigenvalue weighted by atomic mass is 16.5. The number of ether oxygens (including phenoxy) is 1. The molecule has 1 heterocycles. The minimum Gasteiger partial charge on any atom is -0.494 e. The Balaban J connectivity index is 1.86. The van der Waals surface area contributed by atoms with Gasteiger partial charge in [-0.15, -0.1) is 10.2 Å². The van der Waals surface area contributed by atoms with Crippen LogP contribution in [0.1, 0.15) is 97.6 Å². The lowest BCUT2D eigenvalue weighted by Gasteiger charge is -2.17. The molecule has 0 radical (unpaired) electrons. The minimum absolute atomic E-state index is 0.0110. The summed E-state index contributed by atoms with van der Waals surface area (Å²) in [5, 5.41) is 21.9. The first-order chi connectivity index (χ1) is 19.8. The van der Waals surface area contributed by atoms with Crippen LogP contribution in [0.25, 0.3) is 16.8 Å². The van der Waals surface area contributed by atoms with E-state index in [1.165, 1.54) is 11.1 Å². The summed E-state index contributed by atoms with van der Waals surface area (Å²) in [5.41, 5.74) is 7.62. The van der Waals surface area contributed by atoms with Crippen molar-refractivity contribution in [2.75, 3.05) is 7.11 Å². The monoisotopic (exact) mass is 568 g/mol. The molecule has 8 nitrogen and oxygen atoms in total. The Kier molecular flexibility index (Phi) is 8.85. The third-order valence-corrected chi connectivity index (χ3v) is 7.61. The predicted molar refractivity (Wildman–Crippen MR) is 168 cm³/mol. The molecule has 0 unspecified atom stereocenters. The first kappa shape index (κ1) is 30.5. The van der Waals surface area contributed by atoms with Crippen LogP contribution in [0.4, 0.5) is 11.4 Å². The molecule has 1 aromatic heterocycles. The Morgan fingerprint density at radius 3 is 2.05 bits per heavy atom. The van der Waals surface area contributed by atoms with E-state index >= 15 is 0 Å². The molecule has 0 aliphatic rings. The van der Waals surface area contributed by atoms with Gasteiger partial charge in [-0.2, -0.15) is 0 Å². The zero-order chi connectivity index (χ0) is 30.9. The van der Waals surface area contributed by atoms with Gasteiger partial charge < -0.3 is 9.84 Å². The van der Waals surface area contributed by atoms with Gasteiger partial charge in [0.2, 0.25) is 0 Å². The number of aromatic amines is 1. The molecule has 0 saturated heterocycles. The number of H-pyrrole nitrogens is 1. The van der Waals surface area contributed by atoms with E-state index < -0.39 is 5.97 Å². The number of methoxy groups -OCH3 is 1. The zero-order valence-electron chi connectivity index (χ0n) is 25.9. The van der Waals surface area contributed by atoms with Crippen molar-refractivity contribution in [2.24, 2.45) is 10.2 Å². The fraction of sp³-hybridized carbons (Fsp3) is 0.353. The van der Waals surface area contributed by atoms with Crippen LogP contribution in [0.15, 0.2) is 63.6 Å². The topological polar surface area (TPSA) is 109 Å². The molecule has 42 heavy (non-hydrogen) atoms. The van der Waals surface area contributed by atoms with E-state index in [2.05, 4.69) is 55.2 Å². The van der Waals surface area contributed by atoms with Crippen LogP contribution >= 0.6 is 0 Å². The maximum absolute atomic E-state index is 13.8. The molecular formula is C34H40N4O4. The van der Waals surface area contributed by atoms with Crippen LogP contribution < -0.4 is 10.3 Å². The molecule has 4 rings (SSSR count). The highest BCUT2D eigenvalue weighted by Gasteiger charge is 2.21. The van der Waals surface area contributed by atoms with Crippen molar-refractivity contribution in [3.05, 3.63) is 92.4 Å². The van der Waals surface area contributed by atoms with Crippen molar-refractivity contribution in [2.45, 2.75) is 73.1 Å². The Bertz CT molecular complexity index is 1720. The molecule has 0 atom stereocenters. The molecular weight excluding hydrogens is 528 g/mol. The highest BCUT2D eigenvalue weighted by molar-refractivity contribution is 5.91. The largest absolute Gasteiger partial charge is 0.494 e. The lowest BCUT2D eigenvalue weighted by molar-refractivity contribution is 0.0697. The first-order valence-corrected chi connectivity index (χ1v) is 14.3. The van der Waals surface area contributed by atoms with Gasteiger partial charge in [0.15, 0.2) is 11.4 Å². The van der Waals surface area contributed by atoms with Gasteiger partial charge in [-0.25, -0.2) is 9.48 Å². The van der Waals surface area contributed by atoms with Crippen LogP contribution in [-0.2, 0) is 0 Å². The normalized spacial score (nSPS) is 11.8. The average molecular weight is 569 g/mol. The molecule has 0 fully saturated rings. The van der Waals surface area contributed by atoms with Crippen LogP contribution in [0.2, 0.25) is 0 Å². The van der Waals surface area contributed by atoms with Gasteiger partial charge >= 0.3 is 5.97 Å². The molecule has 2 N–H and O–H groups in total. The number of carbonyl (C=O) groups is 1. The lowest BCUT2D eigenvalue weighted by Crippen LogP contribution is -2.15. The number of rotatable bonds is 9. The third kappa shape index (κ3) is 5.79. The second-order valence-electron chi connectivity index (χ2n) is 11.6. The van der Waals surface area contributed by atoms with E-state index in [1.54, 1.807) is 30.0 Å². The zero-order valence-corrected chi connectivity index (χ0v) is 25.9. The molecule has 3 aromatic carbocycles. The number of aromatic nitrogens is 2. The summed E-state index contributed by atoms with van der Waals surface area (Å²) in [6.45, 7) is 16.5. The van der Waals surface area contributed by atoms with Crippen molar-refractivity contribution in [1.29, 1.82) is 0 Å². The number of aryl methyl sites for hydroxylation is 2. The quantitative estimate of drug-likeness (QED) is 0.196. The summed E-state index contributed by atoms with van der Waals surface area (Å²) in [6, 6.07) is 14.9. The van der Waals surface area contributed by atoms with Gasteiger partial charge in [0.1, 0.15) is 5.69 Å². The molecule has 0 spiro atoms. The lowest BCUT2D eigenvalue weighted by atomic mass is 9.90. The fourth-order valence-electron chi connectivity index (χ4n) is 5.21. The second kappa shape index (κ2) is 12.2. The molecule has 0 amide bonds. The van der Waals surface area contributed by atoms with E-state index in [9.17, 15) is 14.7 Å². The fourth-order valence-corrected chi connectivity index (χ4v) is 5.21. The van der Waals surface area contributed by atoms with Crippen molar-refractivity contribution >= 4 is 17.3 Å². The van der Waals surface area contributed by atoms with E-state index in [0.29, 0.717) is 34.5 Å². The summed E-state index contributed by atoms with van der Waals surface area (Å²) in [7, 11) is 1.55. The Hall–Kier alpha value is -4.46. The Morgan fingerprint density at radius 2 is 1.45 bits per heavy atom. The van der Waals surface area contributed by atoms with Gasteiger partial charge in [0, 0.05) is 5.56 Å². The number of nitrogens with one attached hydrogen (secondary N) is 1. The molecule has 8 heteroatoms.